The van der Waals surface area contributed by atoms with E-state index in [1.54, 1.807) is 6.29 Å². The van der Waals surface area contributed by atoms with E-state index in [-0.39, 0.29) is 0 Å². The first-order chi connectivity index (χ1) is 2.41. The third-order valence-electron chi connectivity index (χ3n) is 0.228. The Morgan fingerprint density at radius 3 is 2.60 bits per heavy atom. The third-order valence-corrected chi connectivity index (χ3v) is 0.228. The van der Waals surface area contributed by atoms with Crippen molar-refractivity contribution in [3.8, 4) is 0 Å². The molecule has 1 radical (unpaired) electrons. The molecule has 0 aromatic heterocycles. The molecule has 0 bridgehead atoms. The lowest BCUT2D eigenvalue weighted by Crippen LogP contribution is -1.58. The maximum Gasteiger partial charge on any atom is 0.202 e. The molecule has 0 atom stereocenters. The number of hydrogen-bond donors (Lipinski definition) is 0. The molecule has 1 nitrogen and oxygen atoms in total. The maximum absolute atomic E-state index is 9.21. The predicted molar refractivity (Wildman–Crippen MR) is 20.5 cm³/mol. The average molecular weight is 69.1 g/mol. The van der Waals surface area contributed by atoms with Gasteiger partial charge in [0.25, 0.3) is 0 Å². The van der Waals surface area contributed by atoms with Crippen molar-refractivity contribution in [3.05, 3.63) is 12.7 Å². The van der Waals surface area contributed by atoms with Gasteiger partial charge in [-0.3, -0.25) is 4.79 Å². The fourth-order valence-corrected chi connectivity index (χ4v) is 0.0589. The van der Waals surface area contributed by atoms with Crippen molar-refractivity contribution in [1.82, 2.24) is 0 Å². The molecule has 0 saturated heterocycles. The van der Waals surface area contributed by atoms with Crippen LogP contribution in [-0.2, 0) is 4.79 Å². The van der Waals surface area contributed by atoms with E-state index in [1.165, 1.54) is 6.08 Å². The highest BCUT2D eigenvalue weighted by atomic mass is 16.1. The summed E-state index contributed by atoms with van der Waals surface area (Å²) in [6.45, 7) is 3.29. The summed E-state index contributed by atoms with van der Waals surface area (Å²) in [6.07, 6.45) is 3.50. The fourth-order valence-electron chi connectivity index (χ4n) is 0.0589. The van der Waals surface area contributed by atoms with E-state index in [1.807, 2.05) is 0 Å². The van der Waals surface area contributed by atoms with Gasteiger partial charge in [-0.1, -0.05) is 6.08 Å². The second-order valence-corrected chi connectivity index (χ2v) is 0.637. The topological polar surface area (TPSA) is 17.1 Å². The largest absolute Gasteiger partial charge is 0.291 e. The molecule has 1 heteroatoms. The van der Waals surface area contributed by atoms with Crippen LogP contribution in [0.2, 0.25) is 0 Å². The summed E-state index contributed by atoms with van der Waals surface area (Å²) in [5.74, 6) is 0. The summed E-state index contributed by atoms with van der Waals surface area (Å²) >= 11 is 0. The summed E-state index contributed by atoms with van der Waals surface area (Å²) in [4.78, 5) is 9.21. The van der Waals surface area contributed by atoms with Gasteiger partial charge in [-0.05, 0) is 0 Å². The van der Waals surface area contributed by atoms with Crippen LogP contribution in [0.25, 0.3) is 0 Å². The van der Waals surface area contributed by atoms with E-state index in [2.05, 4.69) is 6.58 Å². The van der Waals surface area contributed by atoms with Gasteiger partial charge < -0.3 is 0 Å². The van der Waals surface area contributed by atoms with Crippen LogP contribution in [0, 0.1) is 0 Å². The van der Waals surface area contributed by atoms with Crippen LogP contribution in [0.1, 0.15) is 6.42 Å². The highest BCUT2D eigenvalue weighted by Gasteiger charge is 1.61. The molecule has 0 aliphatic heterocycles. The van der Waals surface area contributed by atoms with Gasteiger partial charge in [0, 0.05) is 6.42 Å². The summed E-state index contributed by atoms with van der Waals surface area (Å²) in [5, 5.41) is 0. The molecular weight excluding hydrogens is 64.0 g/mol. The van der Waals surface area contributed by atoms with Crippen LogP contribution in [-0.4, -0.2) is 6.29 Å². The van der Waals surface area contributed by atoms with E-state index in [4.69, 9.17) is 0 Å². The molecule has 0 aliphatic rings. The Kier molecular flexibility index (Phi) is 3.01. The second-order valence-electron chi connectivity index (χ2n) is 0.637. The van der Waals surface area contributed by atoms with Gasteiger partial charge in [0.05, 0.1) is 0 Å². The molecule has 0 aromatic rings. The molecule has 5 heavy (non-hydrogen) atoms. The summed E-state index contributed by atoms with van der Waals surface area (Å²) in [7, 11) is 0. The lowest BCUT2D eigenvalue weighted by Gasteiger charge is -1.57. The minimum absolute atomic E-state index is 0.347. The molecule has 27 valence electrons. The quantitative estimate of drug-likeness (QED) is 0.435. The van der Waals surface area contributed by atoms with Crippen molar-refractivity contribution in [2.24, 2.45) is 0 Å². The standard InChI is InChI=1S/C4H5O/c1-2-3-4-5/h2H,1,3H2. The number of hydrogen-bond acceptors (Lipinski definition) is 1. The average Bonchev–Trinajstić information content (AvgIpc) is 1.41. The normalized spacial score (nSPS) is 6.40. The highest BCUT2D eigenvalue weighted by molar-refractivity contribution is 5.52. The SMILES string of the molecule is C=CC[C]=O. The van der Waals surface area contributed by atoms with Crippen LogP contribution >= 0.6 is 0 Å². The van der Waals surface area contributed by atoms with Crippen molar-refractivity contribution in [3.63, 3.8) is 0 Å². The van der Waals surface area contributed by atoms with Gasteiger partial charge in [-0.25, -0.2) is 0 Å². The summed E-state index contributed by atoms with van der Waals surface area (Å²) in [5.41, 5.74) is 0. The molecule has 0 aliphatic carbocycles. The molecule has 0 spiro atoms. The Balaban J connectivity index is 2.65. The monoisotopic (exact) mass is 69.0 g/mol. The molecule has 0 aromatic carbocycles. The lowest BCUT2D eigenvalue weighted by atomic mass is 10.5. The first-order valence-electron chi connectivity index (χ1n) is 1.37. The number of rotatable bonds is 2. The van der Waals surface area contributed by atoms with Crippen LogP contribution in [0.15, 0.2) is 12.7 Å². The Labute approximate surface area is 31.3 Å². The van der Waals surface area contributed by atoms with Gasteiger partial charge in [0.15, 0.2) is 0 Å². The number of allylic oxidation sites excluding steroid dienone is 1. The Morgan fingerprint density at radius 2 is 2.60 bits per heavy atom. The van der Waals surface area contributed by atoms with E-state index < -0.39 is 0 Å². The van der Waals surface area contributed by atoms with E-state index in [0.717, 1.165) is 0 Å². The third kappa shape index (κ3) is 3.41. The zero-order valence-corrected chi connectivity index (χ0v) is 2.90. The first kappa shape index (κ1) is 4.41. The van der Waals surface area contributed by atoms with Crippen molar-refractivity contribution < 1.29 is 4.79 Å². The maximum atomic E-state index is 9.21. The molecule has 0 amide bonds. The minimum atomic E-state index is 0.347. The molecular formula is C4H5O. The zero-order valence-electron chi connectivity index (χ0n) is 2.90. The predicted octanol–water partition coefficient (Wildman–Crippen LogP) is 0.672. The number of carbonyl (C=O) groups excluding carboxylic acids is 1. The lowest BCUT2D eigenvalue weighted by molar-refractivity contribution is 0.556. The first-order valence-corrected chi connectivity index (χ1v) is 1.37. The summed E-state index contributed by atoms with van der Waals surface area (Å²) in [6, 6.07) is 0. The van der Waals surface area contributed by atoms with Crippen molar-refractivity contribution >= 4 is 6.29 Å². The molecule has 0 heterocycles. The Hall–Kier alpha value is -0.590. The van der Waals surface area contributed by atoms with Gasteiger partial charge in [-0.15, -0.1) is 6.58 Å². The van der Waals surface area contributed by atoms with Crippen LogP contribution in [0.4, 0.5) is 0 Å². The Bertz CT molecular complexity index is 32.9. The summed E-state index contributed by atoms with van der Waals surface area (Å²) < 4.78 is 0. The highest BCUT2D eigenvalue weighted by Crippen LogP contribution is 1.64. The molecule has 0 unspecified atom stereocenters. The Morgan fingerprint density at radius 1 is 2.00 bits per heavy atom. The van der Waals surface area contributed by atoms with Gasteiger partial charge in [-0.2, -0.15) is 0 Å². The van der Waals surface area contributed by atoms with Gasteiger partial charge in [0.2, 0.25) is 6.29 Å². The fraction of sp³-hybridized carbons (Fsp3) is 0.250. The molecule has 0 fully saturated rings. The van der Waals surface area contributed by atoms with Crippen molar-refractivity contribution in [1.29, 1.82) is 0 Å². The van der Waals surface area contributed by atoms with Crippen LogP contribution in [0.5, 0.6) is 0 Å². The second kappa shape index (κ2) is 3.41. The molecule has 0 saturated carbocycles. The van der Waals surface area contributed by atoms with Crippen LogP contribution in [0.3, 0.4) is 0 Å². The zero-order chi connectivity index (χ0) is 4.12. The van der Waals surface area contributed by atoms with Gasteiger partial charge in [0.1, 0.15) is 0 Å². The van der Waals surface area contributed by atoms with Gasteiger partial charge >= 0.3 is 0 Å². The van der Waals surface area contributed by atoms with Crippen molar-refractivity contribution in [2.75, 3.05) is 0 Å². The van der Waals surface area contributed by atoms with Crippen molar-refractivity contribution in [2.45, 2.75) is 6.42 Å². The van der Waals surface area contributed by atoms with Crippen LogP contribution < -0.4 is 0 Å². The van der Waals surface area contributed by atoms with E-state index in [0.29, 0.717) is 6.42 Å². The molecule has 0 rings (SSSR count). The van der Waals surface area contributed by atoms with E-state index in [9.17, 15) is 4.79 Å². The smallest absolute Gasteiger partial charge is 0.202 e. The van der Waals surface area contributed by atoms with E-state index >= 15 is 0 Å². The molecule has 0 N–H and O–H groups in total. The minimum Gasteiger partial charge on any atom is -0.291 e.